The lowest BCUT2D eigenvalue weighted by molar-refractivity contribution is 0.0935. The monoisotopic (exact) mass is 351 g/mol. The first kappa shape index (κ1) is 15.9. The number of benzene rings is 1. The molecule has 1 amide bonds. The standard InChI is InChI=1S/C15H17N3O3S2/c1-9-13(15(16-2)22-18-9)14(19)17-11-7-8-23(20,21)12-6-4-3-5-10(11)12/h3-6,11,16H,7-8H2,1-2H3,(H,17,19). The molecule has 8 heteroatoms. The van der Waals surface area contributed by atoms with Crippen LogP contribution in [0.3, 0.4) is 0 Å². The summed E-state index contributed by atoms with van der Waals surface area (Å²) in [6.45, 7) is 1.78. The number of aryl methyl sites for hydroxylation is 1. The molecule has 2 aromatic rings. The maximum Gasteiger partial charge on any atom is 0.256 e. The van der Waals surface area contributed by atoms with Gasteiger partial charge < -0.3 is 10.6 Å². The van der Waals surface area contributed by atoms with E-state index < -0.39 is 9.84 Å². The van der Waals surface area contributed by atoms with Gasteiger partial charge in [0, 0.05) is 7.05 Å². The molecule has 2 heterocycles. The first-order valence-corrected chi connectivity index (χ1v) is 9.63. The Bertz CT molecular complexity index is 859. The van der Waals surface area contributed by atoms with Crippen molar-refractivity contribution in [1.82, 2.24) is 9.69 Å². The van der Waals surface area contributed by atoms with Gasteiger partial charge in [-0.2, -0.15) is 4.37 Å². The molecular formula is C15H17N3O3S2. The minimum Gasteiger partial charge on any atom is -0.378 e. The van der Waals surface area contributed by atoms with Gasteiger partial charge in [-0.15, -0.1) is 0 Å². The van der Waals surface area contributed by atoms with Gasteiger partial charge in [-0.1, -0.05) is 18.2 Å². The van der Waals surface area contributed by atoms with Gasteiger partial charge in [-0.05, 0) is 36.5 Å². The molecular weight excluding hydrogens is 334 g/mol. The van der Waals surface area contributed by atoms with E-state index in [9.17, 15) is 13.2 Å². The van der Waals surface area contributed by atoms with Gasteiger partial charge in [0.2, 0.25) is 0 Å². The second-order valence-electron chi connectivity index (χ2n) is 5.39. The fourth-order valence-electron chi connectivity index (χ4n) is 2.78. The Kier molecular flexibility index (Phi) is 4.11. The fraction of sp³-hybridized carbons (Fsp3) is 0.333. The van der Waals surface area contributed by atoms with E-state index in [4.69, 9.17) is 0 Å². The number of carbonyl (C=O) groups is 1. The number of aromatic nitrogens is 1. The Morgan fingerprint density at radius 1 is 1.35 bits per heavy atom. The summed E-state index contributed by atoms with van der Waals surface area (Å²) in [4.78, 5) is 12.9. The molecule has 3 rings (SSSR count). The van der Waals surface area contributed by atoms with E-state index in [-0.39, 0.29) is 17.7 Å². The molecule has 1 unspecified atom stereocenters. The molecule has 0 radical (unpaired) electrons. The minimum atomic E-state index is -3.26. The van der Waals surface area contributed by atoms with Crippen LogP contribution in [0.15, 0.2) is 29.2 Å². The van der Waals surface area contributed by atoms with Crippen LogP contribution in [0, 0.1) is 6.92 Å². The van der Waals surface area contributed by atoms with E-state index in [1.54, 1.807) is 38.2 Å². The number of hydrogen-bond acceptors (Lipinski definition) is 6. The summed E-state index contributed by atoms with van der Waals surface area (Å²) < 4.78 is 28.5. The maximum absolute atomic E-state index is 12.6. The Morgan fingerprint density at radius 2 is 2.09 bits per heavy atom. The van der Waals surface area contributed by atoms with Crippen LogP contribution in [0.4, 0.5) is 5.00 Å². The third-order valence-corrected chi connectivity index (χ3v) is 6.70. The van der Waals surface area contributed by atoms with E-state index >= 15 is 0 Å². The molecule has 1 aromatic heterocycles. The average Bonchev–Trinajstić information content (AvgIpc) is 2.91. The zero-order valence-corrected chi connectivity index (χ0v) is 14.4. The zero-order valence-electron chi connectivity index (χ0n) is 12.8. The Balaban J connectivity index is 1.92. The summed E-state index contributed by atoms with van der Waals surface area (Å²) in [5.41, 5.74) is 1.83. The van der Waals surface area contributed by atoms with Crippen LogP contribution < -0.4 is 10.6 Å². The molecule has 1 atom stereocenters. The van der Waals surface area contributed by atoms with E-state index in [1.807, 2.05) is 0 Å². The molecule has 0 saturated carbocycles. The topological polar surface area (TPSA) is 88.2 Å². The third-order valence-electron chi connectivity index (χ3n) is 3.93. The molecule has 0 fully saturated rings. The van der Waals surface area contributed by atoms with Gasteiger partial charge in [0.05, 0.1) is 27.9 Å². The van der Waals surface area contributed by atoms with Crippen molar-refractivity contribution in [3.05, 3.63) is 41.1 Å². The highest BCUT2D eigenvalue weighted by atomic mass is 32.2. The van der Waals surface area contributed by atoms with Crippen molar-refractivity contribution in [1.29, 1.82) is 0 Å². The maximum atomic E-state index is 12.6. The lowest BCUT2D eigenvalue weighted by atomic mass is 10.0. The highest BCUT2D eigenvalue weighted by Crippen LogP contribution is 2.33. The molecule has 0 saturated heterocycles. The smallest absolute Gasteiger partial charge is 0.256 e. The summed E-state index contributed by atoms with van der Waals surface area (Å²) >= 11 is 1.23. The van der Waals surface area contributed by atoms with Crippen LogP contribution in [0.25, 0.3) is 0 Å². The predicted octanol–water partition coefficient (Wildman–Crippen LogP) is 2.14. The van der Waals surface area contributed by atoms with E-state index in [1.165, 1.54) is 11.5 Å². The van der Waals surface area contributed by atoms with Crippen LogP contribution >= 0.6 is 11.5 Å². The Morgan fingerprint density at radius 3 is 2.83 bits per heavy atom. The number of sulfone groups is 1. The SMILES string of the molecule is CNc1snc(C)c1C(=O)NC1CCS(=O)(=O)c2ccccc21. The average molecular weight is 351 g/mol. The van der Waals surface area contributed by atoms with Crippen molar-refractivity contribution in [2.75, 3.05) is 18.1 Å². The summed E-state index contributed by atoms with van der Waals surface area (Å²) in [6, 6.07) is 6.53. The lowest BCUT2D eigenvalue weighted by Gasteiger charge is -2.26. The minimum absolute atomic E-state index is 0.0364. The first-order valence-electron chi connectivity index (χ1n) is 7.20. The number of hydrogen-bond donors (Lipinski definition) is 2. The van der Waals surface area contributed by atoms with Crippen molar-refractivity contribution < 1.29 is 13.2 Å². The van der Waals surface area contributed by atoms with Crippen molar-refractivity contribution >= 4 is 32.3 Å². The van der Waals surface area contributed by atoms with E-state index in [0.29, 0.717) is 33.1 Å². The van der Waals surface area contributed by atoms with Crippen molar-refractivity contribution in [3.63, 3.8) is 0 Å². The molecule has 2 N–H and O–H groups in total. The van der Waals surface area contributed by atoms with Crippen molar-refractivity contribution in [2.45, 2.75) is 24.3 Å². The van der Waals surface area contributed by atoms with Crippen LogP contribution in [0.1, 0.15) is 34.1 Å². The summed E-state index contributed by atoms with van der Waals surface area (Å²) in [6.07, 6.45) is 0.372. The number of nitrogens with one attached hydrogen (secondary N) is 2. The van der Waals surface area contributed by atoms with Crippen LogP contribution in [-0.4, -0.2) is 31.5 Å². The van der Waals surface area contributed by atoms with Gasteiger partial charge >= 0.3 is 0 Å². The molecule has 1 aliphatic rings. The number of nitrogens with zero attached hydrogens (tertiary/aromatic N) is 1. The molecule has 1 aromatic carbocycles. The Hall–Kier alpha value is -1.93. The van der Waals surface area contributed by atoms with Crippen molar-refractivity contribution in [2.24, 2.45) is 0 Å². The second-order valence-corrected chi connectivity index (χ2v) is 8.24. The molecule has 23 heavy (non-hydrogen) atoms. The molecule has 6 nitrogen and oxygen atoms in total. The largest absolute Gasteiger partial charge is 0.378 e. The fourth-order valence-corrected chi connectivity index (χ4v) is 5.14. The number of rotatable bonds is 3. The summed E-state index contributed by atoms with van der Waals surface area (Å²) in [5.74, 6) is -0.200. The number of anilines is 1. The summed E-state index contributed by atoms with van der Waals surface area (Å²) in [7, 11) is -1.52. The van der Waals surface area contributed by atoms with Crippen LogP contribution in [0.5, 0.6) is 0 Å². The normalized spacial score (nSPS) is 19.0. The molecule has 0 aliphatic carbocycles. The van der Waals surface area contributed by atoms with Gasteiger partial charge in [-0.3, -0.25) is 4.79 Å². The van der Waals surface area contributed by atoms with Crippen molar-refractivity contribution in [3.8, 4) is 0 Å². The van der Waals surface area contributed by atoms with E-state index in [0.717, 1.165) is 0 Å². The first-order chi connectivity index (χ1) is 10.9. The number of carbonyl (C=O) groups excluding carboxylic acids is 1. The van der Waals surface area contributed by atoms with Gasteiger partial charge in [-0.25, -0.2) is 8.42 Å². The zero-order chi connectivity index (χ0) is 16.6. The Labute approximate surface area is 139 Å². The predicted molar refractivity (Wildman–Crippen MR) is 89.7 cm³/mol. The number of amides is 1. The van der Waals surface area contributed by atoms with Crippen LogP contribution in [0.2, 0.25) is 0 Å². The van der Waals surface area contributed by atoms with Crippen LogP contribution in [-0.2, 0) is 9.84 Å². The summed E-state index contributed by atoms with van der Waals surface area (Å²) in [5, 5.41) is 6.63. The highest BCUT2D eigenvalue weighted by Gasteiger charge is 2.31. The molecule has 1 aliphatic heterocycles. The molecule has 0 bridgehead atoms. The van der Waals surface area contributed by atoms with Gasteiger partial charge in [0.25, 0.3) is 5.91 Å². The molecule has 122 valence electrons. The van der Waals surface area contributed by atoms with Gasteiger partial charge in [0.1, 0.15) is 5.00 Å². The highest BCUT2D eigenvalue weighted by molar-refractivity contribution is 7.91. The lowest BCUT2D eigenvalue weighted by Crippen LogP contribution is -2.34. The van der Waals surface area contributed by atoms with Gasteiger partial charge in [0.15, 0.2) is 9.84 Å². The van der Waals surface area contributed by atoms with E-state index in [2.05, 4.69) is 15.0 Å². The number of fused-ring (bicyclic) bond motifs is 1. The second kappa shape index (κ2) is 5.93. The molecule has 0 spiro atoms. The third kappa shape index (κ3) is 2.84. The quantitative estimate of drug-likeness (QED) is 0.884.